The minimum atomic E-state index is -0.627. The van der Waals surface area contributed by atoms with Crippen molar-refractivity contribution >= 4 is 51.6 Å². The molecule has 0 saturated carbocycles. The van der Waals surface area contributed by atoms with Gasteiger partial charge in [0.05, 0.1) is 26.9 Å². The molecule has 45 heavy (non-hydrogen) atoms. The number of esters is 1. The van der Waals surface area contributed by atoms with Gasteiger partial charge >= 0.3 is 5.97 Å². The van der Waals surface area contributed by atoms with Gasteiger partial charge in [-0.15, -0.1) is 23.1 Å². The van der Waals surface area contributed by atoms with Gasteiger partial charge in [-0.25, -0.2) is 4.79 Å². The fourth-order valence-corrected chi connectivity index (χ4v) is 7.73. The van der Waals surface area contributed by atoms with Gasteiger partial charge in [-0.2, -0.15) is 0 Å². The number of amides is 2. The molecule has 0 bridgehead atoms. The molecule has 1 heterocycles. The number of aryl methyl sites for hydroxylation is 1. The van der Waals surface area contributed by atoms with Crippen LogP contribution in [0.5, 0.6) is 11.5 Å². The number of anilines is 2. The third kappa shape index (κ3) is 7.69. The van der Waals surface area contributed by atoms with Gasteiger partial charge in [-0.1, -0.05) is 49.2 Å². The molecule has 8 nitrogen and oxygen atoms in total. The Bertz CT molecular complexity index is 1670. The van der Waals surface area contributed by atoms with Crippen molar-refractivity contribution in [1.82, 2.24) is 0 Å². The highest BCUT2D eigenvalue weighted by Gasteiger charge is 2.29. The van der Waals surface area contributed by atoms with Crippen LogP contribution in [-0.4, -0.2) is 39.1 Å². The molecule has 0 spiro atoms. The molecule has 0 aliphatic heterocycles. The van der Waals surface area contributed by atoms with Crippen molar-refractivity contribution in [1.29, 1.82) is 0 Å². The monoisotopic (exact) mass is 644 g/mol. The summed E-state index contributed by atoms with van der Waals surface area (Å²) in [4.78, 5) is 42.0. The topological polar surface area (TPSA) is 103 Å². The van der Waals surface area contributed by atoms with Crippen LogP contribution in [0.3, 0.4) is 0 Å². The zero-order valence-corrected chi connectivity index (χ0v) is 27.1. The van der Waals surface area contributed by atoms with E-state index in [-0.39, 0.29) is 11.8 Å². The van der Waals surface area contributed by atoms with Crippen molar-refractivity contribution in [2.45, 2.75) is 48.7 Å². The first-order valence-corrected chi connectivity index (χ1v) is 16.5. The molecule has 2 N–H and O–H groups in total. The molecule has 1 atom stereocenters. The first-order valence-electron chi connectivity index (χ1n) is 14.8. The Hall–Kier alpha value is -4.28. The number of methoxy groups -OCH3 is 3. The SMILES string of the molecule is COC(=O)c1c(NC(=O)C(Sc2cccc(NC(=O)c3ccc(OC)c(OC)c3)c2)c2ccccc2)sc2c1CCCCCC2. The van der Waals surface area contributed by atoms with E-state index in [1.165, 1.54) is 44.4 Å². The molecule has 10 heteroatoms. The first-order chi connectivity index (χ1) is 21.9. The van der Waals surface area contributed by atoms with Crippen LogP contribution in [0.1, 0.15) is 67.7 Å². The Morgan fingerprint density at radius 2 is 1.56 bits per heavy atom. The van der Waals surface area contributed by atoms with Crippen LogP contribution < -0.4 is 20.1 Å². The molecule has 1 unspecified atom stereocenters. The van der Waals surface area contributed by atoms with Crippen LogP contribution >= 0.6 is 23.1 Å². The minimum Gasteiger partial charge on any atom is -0.493 e. The van der Waals surface area contributed by atoms with Gasteiger partial charge in [0.25, 0.3) is 5.91 Å². The van der Waals surface area contributed by atoms with Gasteiger partial charge in [-0.3, -0.25) is 9.59 Å². The number of thiophene rings is 1. The summed E-state index contributed by atoms with van der Waals surface area (Å²) in [5, 5.41) is 5.94. The van der Waals surface area contributed by atoms with E-state index in [9.17, 15) is 14.4 Å². The van der Waals surface area contributed by atoms with Gasteiger partial charge in [0.2, 0.25) is 5.91 Å². The lowest BCUT2D eigenvalue weighted by Crippen LogP contribution is -2.20. The molecule has 0 radical (unpaired) electrons. The third-order valence-corrected chi connectivity index (χ3v) is 10.1. The van der Waals surface area contributed by atoms with Crippen molar-refractivity contribution in [2.75, 3.05) is 32.0 Å². The summed E-state index contributed by atoms with van der Waals surface area (Å²) in [6.45, 7) is 0. The van der Waals surface area contributed by atoms with E-state index in [4.69, 9.17) is 14.2 Å². The lowest BCUT2D eigenvalue weighted by atomic mass is 9.96. The van der Waals surface area contributed by atoms with Gasteiger partial charge in [0.15, 0.2) is 11.5 Å². The number of hydrogen-bond donors (Lipinski definition) is 2. The molecular formula is C35H36N2O6S2. The normalized spacial score (nSPS) is 13.4. The average Bonchev–Trinajstić information content (AvgIpc) is 3.38. The number of hydrogen-bond acceptors (Lipinski definition) is 8. The Morgan fingerprint density at radius 3 is 2.29 bits per heavy atom. The number of benzene rings is 3. The molecule has 3 aromatic carbocycles. The summed E-state index contributed by atoms with van der Waals surface area (Å²) in [5.41, 5.74) is 3.29. The van der Waals surface area contributed by atoms with E-state index in [1.54, 1.807) is 24.3 Å². The number of rotatable bonds is 10. The number of ether oxygens (including phenoxy) is 3. The smallest absolute Gasteiger partial charge is 0.341 e. The van der Waals surface area contributed by atoms with Gasteiger partial charge in [-0.05, 0) is 73.2 Å². The fraction of sp³-hybridized carbons (Fsp3) is 0.286. The summed E-state index contributed by atoms with van der Waals surface area (Å²) in [6.07, 6.45) is 6.03. The van der Waals surface area contributed by atoms with Crippen LogP contribution in [0.25, 0.3) is 0 Å². The summed E-state index contributed by atoms with van der Waals surface area (Å²) in [5.74, 6) is 0.0129. The first kappa shape index (κ1) is 32.1. The van der Waals surface area contributed by atoms with Crippen LogP contribution in [0.15, 0.2) is 77.7 Å². The number of carbonyl (C=O) groups is 3. The molecule has 5 rings (SSSR count). The molecule has 4 aromatic rings. The van der Waals surface area contributed by atoms with E-state index >= 15 is 0 Å². The maximum Gasteiger partial charge on any atom is 0.341 e. The Morgan fingerprint density at radius 1 is 0.800 bits per heavy atom. The second kappa shape index (κ2) is 15.1. The second-order valence-electron chi connectivity index (χ2n) is 10.6. The molecule has 1 aliphatic rings. The molecule has 234 valence electrons. The highest BCUT2D eigenvalue weighted by molar-refractivity contribution is 8.00. The zero-order chi connectivity index (χ0) is 31.8. The Kier molecular flexibility index (Phi) is 10.8. The number of thioether (sulfide) groups is 1. The van der Waals surface area contributed by atoms with E-state index < -0.39 is 11.2 Å². The van der Waals surface area contributed by atoms with Crippen molar-refractivity contribution in [3.8, 4) is 11.5 Å². The largest absolute Gasteiger partial charge is 0.493 e. The van der Waals surface area contributed by atoms with E-state index in [1.807, 2.05) is 48.5 Å². The molecule has 0 fully saturated rings. The van der Waals surface area contributed by atoms with E-state index in [0.717, 1.165) is 59.4 Å². The number of nitrogens with one attached hydrogen (secondary N) is 2. The maximum absolute atomic E-state index is 14.0. The van der Waals surface area contributed by atoms with Crippen LogP contribution in [0.2, 0.25) is 0 Å². The highest BCUT2D eigenvalue weighted by Crippen LogP contribution is 2.41. The average molecular weight is 645 g/mol. The van der Waals surface area contributed by atoms with Crippen molar-refractivity contribution in [3.63, 3.8) is 0 Å². The predicted molar refractivity (Wildman–Crippen MR) is 179 cm³/mol. The van der Waals surface area contributed by atoms with Gasteiger partial charge < -0.3 is 24.8 Å². The van der Waals surface area contributed by atoms with Crippen molar-refractivity contribution < 1.29 is 28.6 Å². The lowest BCUT2D eigenvalue weighted by molar-refractivity contribution is -0.115. The summed E-state index contributed by atoms with van der Waals surface area (Å²) in [6, 6.07) is 21.9. The summed E-state index contributed by atoms with van der Waals surface area (Å²) < 4.78 is 15.8. The molecule has 2 amide bonds. The minimum absolute atomic E-state index is 0.245. The zero-order valence-electron chi connectivity index (χ0n) is 25.5. The highest BCUT2D eigenvalue weighted by atomic mass is 32.2. The van der Waals surface area contributed by atoms with Crippen molar-refractivity contribution in [2.24, 2.45) is 0 Å². The molecule has 0 saturated heterocycles. The lowest BCUT2D eigenvalue weighted by Gasteiger charge is -2.18. The summed E-state index contributed by atoms with van der Waals surface area (Å²) in [7, 11) is 4.43. The van der Waals surface area contributed by atoms with E-state index in [2.05, 4.69) is 10.6 Å². The predicted octanol–water partition coefficient (Wildman–Crippen LogP) is 7.94. The van der Waals surface area contributed by atoms with Crippen molar-refractivity contribution in [3.05, 3.63) is 99.9 Å². The number of fused-ring (bicyclic) bond motifs is 1. The second-order valence-corrected chi connectivity index (χ2v) is 12.8. The molecule has 1 aliphatic carbocycles. The third-order valence-electron chi connectivity index (χ3n) is 7.63. The number of carbonyl (C=O) groups excluding carboxylic acids is 3. The Balaban J connectivity index is 1.39. The fourth-order valence-electron chi connectivity index (χ4n) is 5.37. The standard InChI is InChI=1S/C35H36N2O6S2/c1-41-27-19-18-23(20-28(27)42-2)32(38)36-24-14-11-15-25(21-24)44-31(22-12-7-6-8-13-22)33(39)37-34-30(35(40)43-3)26-16-9-4-5-10-17-29(26)45-34/h6-8,11-15,18-21,31H,4-5,9-10,16-17H2,1-3H3,(H,36,38)(H,37,39). The van der Waals surface area contributed by atoms with Crippen LogP contribution in [0, 0.1) is 0 Å². The van der Waals surface area contributed by atoms with Crippen LogP contribution in [-0.2, 0) is 22.4 Å². The van der Waals surface area contributed by atoms with E-state index in [0.29, 0.717) is 33.3 Å². The van der Waals surface area contributed by atoms with Gasteiger partial charge in [0.1, 0.15) is 10.3 Å². The molecule has 1 aromatic heterocycles. The summed E-state index contributed by atoms with van der Waals surface area (Å²) >= 11 is 2.85. The van der Waals surface area contributed by atoms with Gasteiger partial charge in [0, 0.05) is 21.0 Å². The maximum atomic E-state index is 14.0. The Labute approximate surface area is 271 Å². The van der Waals surface area contributed by atoms with Crippen LogP contribution in [0.4, 0.5) is 10.7 Å². The molecular weight excluding hydrogens is 609 g/mol. The quantitative estimate of drug-likeness (QED) is 0.133.